The molecule has 1 aliphatic heterocycles. The average molecular weight is 389 g/mol. The first kappa shape index (κ1) is 18.6. The Balaban J connectivity index is 1.66. The molecule has 0 N–H and O–H groups in total. The van der Waals surface area contributed by atoms with Crippen LogP contribution in [0.2, 0.25) is 0 Å². The molecular weight excluding hydrogens is 370 g/mol. The maximum atomic E-state index is 13.2. The van der Waals surface area contributed by atoms with E-state index in [1.165, 1.54) is 17.2 Å². The molecule has 0 radical (unpaired) electrons. The van der Waals surface area contributed by atoms with Gasteiger partial charge in [-0.15, -0.1) is 0 Å². The summed E-state index contributed by atoms with van der Waals surface area (Å²) >= 11 is 0. The lowest BCUT2D eigenvalue weighted by atomic mass is 10.1. The van der Waals surface area contributed by atoms with E-state index in [9.17, 15) is 14.4 Å². The molecule has 29 heavy (non-hydrogen) atoms. The third kappa shape index (κ3) is 3.67. The first-order valence-corrected chi connectivity index (χ1v) is 9.21. The molecule has 1 saturated heterocycles. The van der Waals surface area contributed by atoms with Gasteiger partial charge in [-0.05, 0) is 42.8 Å². The number of anilines is 1. The van der Waals surface area contributed by atoms with Gasteiger partial charge in [-0.25, -0.2) is 4.90 Å². The van der Waals surface area contributed by atoms with Crippen LogP contribution in [0.25, 0.3) is 0 Å². The number of aromatic nitrogens is 1. The Kier molecular flexibility index (Phi) is 4.95. The van der Waals surface area contributed by atoms with Crippen LogP contribution in [0.5, 0.6) is 0 Å². The number of pyridine rings is 1. The lowest BCUT2D eigenvalue weighted by Gasteiger charge is -2.27. The Morgan fingerprint density at radius 3 is 2.62 bits per heavy atom. The van der Waals surface area contributed by atoms with Crippen LogP contribution in [0.15, 0.2) is 71.6 Å². The van der Waals surface area contributed by atoms with Gasteiger partial charge in [0.2, 0.25) is 5.91 Å². The number of furan rings is 1. The van der Waals surface area contributed by atoms with E-state index in [2.05, 4.69) is 4.98 Å². The summed E-state index contributed by atoms with van der Waals surface area (Å²) in [5.41, 5.74) is 2.27. The van der Waals surface area contributed by atoms with Gasteiger partial charge in [0.1, 0.15) is 6.04 Å². The van der Waals surface area contributed by atoms with Crippen molar-refractivity contribution < 1.29 is 18.8 Å². The maximum Gasteiger partial charge on any atom is 0.290 e. The third-order valence-corrected chi connectivity index (χ3v) is 4.86. The fraction of sp³-hybridized carbons (Fsp3) is 0.182. The zero-order chi connectivity index (χ0) is 20.4. The topological polar surface area (TPSA) is 83.7 Å². The van der Waals surface area contributed by atoms with E-state index in [0.717, 1.165) is 16.0 Å². The number of imide groups is 1. The molecule has 3 aromatic rings. The molecule has 1 aliphatic rings. The van der Waals surface area contributed by atoms with Crippen molar-refractivity contribution in [2.75, 3.05) is 4.90 Å². The van der Waals surface area contributed by atoms with Crippen LogP contribution in [0.4, 0.5) is 5.69 Å². The van der Waals surface area contributed by atoms with Gasteiger partial charge in [0.05, 0.1) is 18.4 Å². The minimum absolute atomic E-state index is 0.0839. The minimum atomic E-state index is -0.915. The summed E-state index contributed by atoms with van der Waals surface area (Å²) in [6.07, 6.45) is 4.57. The summed E-state index contributed by atoms with van der Waals surface area (Å²) < 4.78 is 5.24. The Hall–Kier alpha value is -3.74. The van der Waals surface area contributed by atoms with Crippen LogP contribution in [-0.2, 0) is 16.1 Å². The molecule has 0 saturated carbocycles. The number of aryl methyl sites for hydroxylation is 1. The zero-order valence-electron chi connectivity index (χ0n) is 15.8. The standard InChI is InChI=1S/C22H19N3O4/c1-15-6-8-17(9-7-15)25-20(26)12-18(21(25)27)24(14-16-4-2-10-23-13-16)22(28)19-5-3-11-29-19/h2-11,13,18H,12,14H2,1H3. The largest absolute Gasteiger partial charge is 0.459 e. The number of nitrogens with zero attached hydrogens (tertiary/aromatic N) is 3. The molecule has 2 aromatic heterocycles. The van der Waals surface area contributed by atoms with Crippen LogP contribution >= 0.6 is 0 Å². The van der Waals surface area contributed by atoms with E-state index in [1.807, 2.05) is 25.1 Å². The molecule has 1 unspecified atom stereocenters. The van der Waals surface area contributed by atoms with Crippen molar-refractivity contribution in [3.05, 3.63) is 84.1 Å². The van der Waals surface area contributed by atoms with Crippen LogP contribution in [0.3, 0.4) is 0 Å². The lowest BCUT2D eigenvalue weighted by Crippen LogP contribution is -2.45. The van der Waals surface area contributed by atoms with E-state index >= 15 is 0 Å². The number of rotatable bonds is 5. The highest BCUT2D eigenvalue weighted by Crippen LogP contribution is 2.28. The Bertz CT molecular complexity index is 1030. The first-order chi connectivity index (χ1) is 14.0. The Morgan fingerprint density at radius 2 is 1.97 bits per heavy atom. The summed E-state index contributed by atoms with van der Waals surface area (Å²) in [6.45, 7) is 2.07. The summed E-state index contributed by atoms with van der Waals surface area (Å²) in [6, 6.07) is 12.9. The highest BCUT2D eigenvalue weighted by molar-refractivity contribution is 6.23. The molecule has 3 amide bonds. The van der Waals surface area contributed by atoms with Crippen LogP contribution in [0, 0.1) is 6.92 Å². The molecule has 1 atom stereocenters. The molecule has 0 bridgehead atoms. The SMILES string of the molecule is Cc1ccc(N2C(=O)CC(N(Cc3cccnc3)C(=O)c3ccco3)C2=O)cc1. The third-order valence-electron chi connectivity index (χ3n) is 4.86. The molecule has 3 heterocycles. The van der Waals surface area contributed by atoms with Crippen molar-refractivity contribution >= 4 is 23.4 Å². The van der Waals surface area contributed by atoms with Gasteiger partial charge in [-0.1, -0.05) is 23.8 Å². The van der Waals surface area contributed by atoms with E-state index in [-0.39, 0.29) is 24.6 Å². The quantitative estimate of drug-likeness (QED) is 0.627. The van der Waals surface area contributed by atoms with Gasteiger partial charge >= 0.3 is 0 Å². The minimum Gasteiger partial charge on any atom is -0.459 e. The summed E-state index contributed by atoms with van der Waals surface area (Å²) in [4.78, 5) is 45.5. The van der Waals surface area contributed by atoms with Crippen molar-refractivity contribution in [1.82, 2.24) is 9.88 Å². The molecule has 7 nitrogen and oxygen atoms in total. The van der Waals surface area contributed by atoms with Gasteiger partial charge in [-0.2, -0.15) is 0 Å². The fourth-order valence-electron chi connectivity index (χ4n) is 3.38. The molecule has 0 aliphatic carbocycles. The first-order valence-electron chi connectivity index (χ1n) is 9.21. The molecule has 0 spiro atoms. The molecular formula is C22H19N3O4. The second kappa shape index (κ2) is 7.71. The van der Waals surface area contributed by atoms with Crippen molar-refractivity contribution in [2.45, 2.75) is 25.9 Å². The normalized spacial score (nSPS) is 16.3. The van der Waals surface area contributed by atoms with Crippen LogP contribution in [-0.4, -0.2) is 33.6 Å². The molecule has 1 fully saturated rings. The number of hydrogen-bond acceptors (Lipinski definition) is 5. The van der Waals surface area contributed by atoms with Gasteiger partial charge in [0.25, 0.3) is 11.8 Å². The van der Waals surface area contributed by atoms with Crippen LogP contribution in [0.1, 0.15) is 28.1 Å². The second-order valence-electron chi connectivity index (χ2n) is 6.89. The van der Waals surface area contributed by atoms with Crippen LogP contribution < -0.4 is 4.90 Å². The number of hydrogen-bond donors (Lipinski definition) is 0. The predicted octanol–water partition coefficient (Wildman–Crippen LogP) is 2.96. The number of benzene rings is 1. The molecule has 7 heteroatoms. The molecule has 146 valence electrons. The highest BCUT2D eigenvalue weighted by Gasteiger charge is 2.45. The Morgan fingerprint density at radius 1 is 1.17 bits per heavy atom. The number of amides is 3. The average Bonchev–Trinajstić information content (AvgIpc) is 3.36. The fourth-order valence-corrected chi connectivity index (χ4v) is 3.38. The van der Waals surface area contributed by atoms with Gasteiger partial charge < -0.3 is 9.32 Å². The highest BCUT2D eigenvalue weighted by atomic mass is 16.3. The number of carbonyl (C=O) groups is 3. The number of carbonyl (C=O) groups excluding carboxylic acids is 3. The van der Waals surface area contributed by atoms with E-state index in [4.69, 9.17) is 4.42 Å². The van der Waals surface area contributed by atoms with E-state index in [0.29, 0.717) is 5.69 Å². The predicted molar refractivity (Wildman–Crippen MR) is 105 cm³/mol. The molecule has 1 aromatic carbocycles. The van der Waals surface area contributed by atoms with Crippen molar-refractivity contribution in [3.8, 4) is 0 Å². The van der Waals surface area contributed by atoms with Gasteiger partial charge in [0, 0.05) is 18.9 Å². The van der Waals surface area contributed by atoms with Gasteiger partial charge in [-0.3, -0.25) is 19.4 Å². The Labute approximate surface area is 167 Å². The molecule has 4 rings (SSSR count). The van der Waals surface area contributed by atoms with Gasteiger partial charge in [0.15, 0.2) is 5.76 Å². The summed E-state index contributed by atoms with van der Waals surface area (Å²) in [7, 11) is 0. The summed E-state index contributed by atoms with van der Waals surface area (Å²) in [5.74, 6) is -1.10. The van der Waals surface area contributed by atoms with Crippen molar-refractivity contribution in [2.24, 2.45) is 0 Å². The van der Waals surface area contributed by atoms with Crippen molar-refractivity contribution in [3.63, 3.8) is 0 Å². The van der Waals surface area contributed by atoms with E-state index in [1.54, 1.807) is 36.7 Å². The zero-order valence-corrected chi connectivity index (χ0v) is 15.8. The monoisotopic (exact) mass is 389 g/mol. The second-order valence-corrected chi connectivity index (χ2v) is 6.89. The lowest BCUT2D eigenvalue weighted by molar-refractivity contribution is -0.122. The van der Waals surface area contributed by atoms with Crippen molar-refractivity contribution in [1.29, 1.82) is 0 Å². The maximum absolute atomic E-state index is 13.2. The van der Waals surface area contributed by atoms with E-state index < -0.39 is 17.9 Å². The summed E-state index contributed by atoms with van der Waals surface area (Å²) in [5, 5.41) is 0. The smallest absolute Gasteiger partial charge is 0.290 e.